The Kier molecular flexibility index (Phi) is 7.09. The van der Waals surface area contributed by atoms with Crippen LogP contribution in [0.3, 0.4) is 0 Å². The van der Waals surface area contributed by atoms with E-state index in [1.165, 1.54) is 29.5 Å². The van der Waals surface area contributed by atoms with Crippen molar-refractivity contribution in [3.63, 3.8) is 0 Å². The molecule has 1 aromatic heterocycles. The van der Waals surface area contributed by atoms with E-state index in [-0.39, 0.29) is 29.7 Å². The summed E-state index contributed by atoms with van der Waals surface area (Å²) in [5, 5.41) is 7.50. The number of piperidine rings is 1. The lowest BCUT2D eigenvalue weighted by molar-refractivity contribution is -0.133. The van der Waals surface area contributed by atoms with Gasteiger partial charge in [-0.1, -0.05) is 30.3 Å². The van der Waals surface area contributed by atoms with E-state index < -0.39 is 11.7 Å². The molecule has 0 unspecified atom stereocenters. The zero-order valence-electron chi connectivity index (χ0n) is 17.8. The van der Waals surface area contributed by atoms with E-state index in [1.54, 1.807) is 16.3 Å². The van der Waals surface area contributed by atoms with Gasteiger partial charge in [0.2, 0.25) is 11.8 Å². The van der Waals surface area contributed by atoms with Gasteiger partial charge in [0.1, 0.15) is 5.82 Å². The predicted molar refractivity (Wildman–Crippen MR) is 125 cm³/mol. The van der Waals surface area contributed by atoms with Crippen LogP contribution in [0, 0.1) is 11.7 Å². The average molecular weight is 467 g/mol. The third-order valence-corrected chi connectivity index (χ3v) is 6.29. The van der Waals surface area contributed by atoms with Crippen LogP contribution in [0.2, 0.25) is 0 Å². The quantitative estimate of drug-likeness (QED) is 0.575. The Hall–Kier alpha value is -3.59. The molecule has 2 aromatic carbocycles. The van der Waals surface area contributed by atoms with Crippen LogP contribution in [0.4, 0.5) is 15.2 Å². The summed E-state index contributed by atoms with van der Waals surface area (Å²) >= 11 is 1.18. The lowest BCUT2D eigenvalue weighted by atomic mass is 9.95. The zero-order valence-corrected chi connectivity index (χ0v) is 18.6. The highest BCUT2D eigenvalue weighted by Gasteiger charge is 2.27. The Bertz CT molecular complexity index is 1140. The van der Waals surface area contributed by atoms with Crippen molar-refractivity contribution in [2.45, 2.75) is 19.3 Å². The molecule has 9 heteroatoms. The second kappa shape index (κ2) is 10.4. The number of halogens is 1. The minimum Gasteiger partial charge on any atom is -0.342 e. The Labute approximate surface area is 194 Å². The smallest absolute Gasteiger partial charge is 0.260 e. The zero-order chi connectivity index (χ0) is 23.2. The first-order chi connectivity index (χ1) is 16.0. The van der Waals surface area contributed by atoms with Crippen molar-refractivity contribution in [1.29, 1.82) is 0 Å². The number of hydrogen-bond donors (Lipinski definition) is 2. The van der Waals surface area contributed by atoms with Crippen molar-refractivity contribution in [3.8, 4) is 0 Å². The van der Waals surface area contributed by atoms with Crippen LogP contribution in [0.15, 0.2) is 60.0 Å². The number of anilines is 2. The number of nitrogens with one attached hydrogen (secondary N) is 2. The molecule has 170 valence electrons. The molecular weight excluding hydrogens is 443 g/mol. The van der Waals surface area contributed by atoms with Crippen molar-refractivity contribution in [2.24, 2.45) is 5.92 Å². The third kappa shape index (κ3) is 5.81. The van der Waals surface area contributed by atoms with Crippen LogP contribution in [-0.2, 0) is 16.0 Å². The molecule has 0 radical (unpaired) electrons. The molecule has 0 spiro atoms. The highest BCUT2D eigenvalue weighted by atomic mass is 32.1. The van der Waals surface area contributed by atoms with E-state index in [0.717, 1.165) is 5.69 Å². The monoisotopic (exact) mass is 466 g/mol. The van der Waals surface area contributed by atoms with E-state index in [1.807, 2.05) is 30.3 Å². The van der Waals surface area contributed by atoms with Gasteiger partial charge in [-0.25, -0.2) is 9.37 Å². The van der Waals surface area contributed by atoms with E-state index in [9.17, 15) is 18.8 Å². The molecule has 4 rings (SSSR count). The van der Waals surface area contributed by atoms with Crippen LogP contribution < -0.4 is 10.6 Å². The molecule has 2 N–H and O–H groups in total. The summed E-state index contributed by atoms with van der Waals surface area (Å²) in [5.41, 5.74) is 1.24. The van der Waals surface area contributed by atoms with Crippen LogP contribution in [0.5, 0.6) is 0 Å². The fourth-order valence-electron chi connectivity index (χ4n) is 3.68. The summed E-state index contributed by atoms with van der Waals surface area (Å²) in [7, 11) is 0. The molecule has 33 heavy (non-hydrogen) atoms. The Morgan fingerprint density at radius 2 is 1.70 bits per heavy atom. The molecule has 7 nitrogen and oxygen atoms in total. The largest absolute Gasteiger partial charge is 0.342 e. The number of carbonyl (C=O) groups excluding carboxylic acids is 3. The van der Waals surface area contributed by atoms with Gasteiger partial charge in [0.05, 0.1) is 17.7 Å². The van der Waals surface area contributed by atoms with Gasteiger partial charge in [0.25, 0.3) is 5.91 Å². The number of amides is 3. The van der Waals surface area contributed by atoms with Crippen LogP contribution in [-0.4, -0.2) is 40.7 Å². The van der Waals surface area contributed by atoms with Crippen molar-refractivity contribution in [3.05, 3.63) is 77.1 Å². The average Bonchev–Trinajstić information content (AvgIpc) is 3.26. The molecule has 1 aliphatic rings. The standard InChI is InChI=1S/C24H23FN4O3S/c25-20-9-5-4-8-19(20)23(32)28-24-27-18(15-33-24)14-21(30)29-12-10-16(11-13-29)22(31)26-17-6-2-1-3-7-17/h1-9,15-16H,10-14H2,(H,26,31)(H,27,28,32). The molecule has 0 saturated carbocycles. The molecular formula is C24H23FN4O3S. The van der Waals surface area contributed by atoms with Crippen LogP contribution >= 0.6 is 11.3 Å². The summed E-state index contributed by atoms with van der Waals surface area (Å²) in [6, 6.07) is 15.0. The lowest BCUT2D eigenvalue weighted by Crippen LogP contribution is -2.42. The molecule has 1 saturated heterocycles. The first kappa shape index (κ1) is 22.6. The molecule has 0 bridgehead atoms. The number of likely N-dealkylation sites (tertiary alicyclic amines) is 1. The molecule has 3 aromatic rings. The Morgan fingerprint density at radius 3 is 2.42 bits per heavy atom. The molecule has 2 heterocycles. The third-order valence-electron chi connectivity index (χ3n) is 5.48. The van der Waals surface area contributed by atoms with E-state index in [4.69, 9.17) is 0 Å². The summed E-state index contributed by atoms with van der Waals surface area (Å²) in [6.07, 6.45) is 1.31. The SMILES string of the molecule is O=C(Nc1nc(CC(=O)N2CCC(C(=O)Nc3ccccc3)CC2)cs1)c1ccccc1F. The van der Waals surface area contributed by atoms with Crippen molar-refractivity contribution >= 4 is 39.9 Å². The molecule has 3 amide bonds. The van der Waals surface area contributed by atoms with Crippen molar-refractivity contribution in [2.75, 3.05) is 23.7 Å². The molecule has 1 fully saturated rings. The number of carbonyl (C=O) groups is 3. The highest BCUT2D eigenvalue weighted by Crippen LogP contribution is 2.22. The number of hydrogen-bond acceptors (Lipinski definition) is 5. The molecule has 0 atom stereocenters. The second-order valence-electron chi connectivity index (χ2n) is 7.77. The number of thiazole rings is 1. The van der Waals surface area contributed by atoms with Crippen LogP contribution in [0.25, 0.3) is 0 Å². The van der Waals surface area contributed by atoms with Gasteiger partial charge in [-0.05, 0) is 37.1 Å². The van der Waals surface area contributed by atoms with Gasteiger partial charge >= 0.3 is 0 Å². The number of para-hydroxylation sites is 1. The summed E-state index contributed by atoms with van der Waals surface area (Å²) < 4.78 is 13.8. The minimum atomic E-state index is -0.609. The van der Waals surface area contributed by atoms with Gasteiger partial charge in [-0.2, -0.15) is 0 Å². The normalized spacial score (nSPS) is 14.0. The first-order valence-electron chi connectivity index (χ1n) is 10.6. The fraction of sp³-hybridized carbons (Fsp3) is 0.250. The van der Waals surface area contributed by atoms with Gasteiger partial charge < -0.3 is 10.2 Å². The van der Waals surface area contributed by atoms with Crippen LogP contribution in [0.1, 0.15) is 28.9 Å². The topological polar surface area (TPSA) is 91.4 Å². The lowest BCUT2D eigenvalue weighted by Gasteiger charge is -2.31. The Morgan fingerprint density at radius 1 is 1.00 bits per heavy atom. The highest BCUT2D eigenvalue weighted by molar-refractivity contribution is 7.14. The van der Waals surface area contributed by atoms with Gasteiger partial charge in [0.15, 0.2) is 5.13 Å². The maximum absolute atomic E-state index is 13.8. The molecule has 0 aliphatic carbocycles. The van der Waals surface area contributed by atoms with Crippen molar-refractivity contribution in [1.82, 2.24) is 9.88 Å². The molecule has 1 aliphatic heterocycles. The maximum atomic E-state index is 13.8. The maximum Gasteiger partial charge on any atom is 0.260 e. The minimum absolute atomic E-state index is 0.0250. The van der Waals surface area contributed by atoms with E-state index in [2.05, 4.69) is 15.6 Å². The number of nitrogens with zero attached hydrogens (tertiary/aromatic N) is 2. The fourth-order valence-corrected chi connectivity index (χ4v) is 4.38. The number of aromatic nitrogens is 1. The summed E-state index contributed by atoms with van der Waals surface area (Å²) in [6.45, 7) is 1.01. The first-order valence-corrected chi connectivity index (χ1v) is 11.5. The summed E-state index contributed by atoms with van der Waals surface area (Å²) in [5.74, 6) is -1.43. The Balaban J connectivity index is 1.26. The second-order valence-corrected chi connectivity index (χ2v) is 8.62. The van der Waals surface area contributed by atoms with E-state index in [0.29, 0.717) is 36.8 Å². The van der Waals surface area contributed by atoms with Gasteiger partial charge in [-0.3, -0.25) is 19.7 Å². The summed E-state index contributed by atoms with van der Waals surface area (Å²) in [4.78, 5) is 43.4. The van der Waals surface area contributed by atoms with Gasteiger partial charge in [-0.15, -0.1) is 11.3 Å². The van der Waals surface area contributed by atoms with E-state index >= 15 is 0 Å². The number of rotatable bonds is 6. The number of benzene rings is 2. The van der Waals surface area contributed by atoms with Gasteiger partial charge in [0, 0.05) is 30.1 Å². The van der Waals surface area contributed by atoms with Crippen molar-refractivity contribution < 1.29 is 18.8 Å². The predicted octanol–water partition coefficient (Wildman–Crippen LogP) is 3.95.